The molecule has 1 aliphatic carbocycles. The maximum absolute atomic E-state index is 12.4. The van der Waals surface area contributed by atoms with Crippen molar-refractivity contribution in [1.82, 2.24) is 10.2 Å². The monoisotopic (exact) mass is 329 g/mol. The van der Waals surface area contributed by atoms with Crippen molar-refractivity contribution in [2.75, 3.05) is 12.4 Å². The highest BCUT2D eigenvalue weighted by atomic mass is 16.5. The molecular formula is C19H27N3O2. The fourth-order valence-corrected chi connectivity index (χ4v) is 4.60. The molecule has 2 N–H and O–H groups in total. The normalized spacial score (nSPS) is 29.8. The van der Waals surface area contributed by atoms with E-state index in [1.807, 2.05) is 24.3 Å². The highest BCUT2D eigenvalue weighted by Gasteiger charge is 2.45. The van der Waals surface area contributed by atoms with Gasteiger partial charge in [0.15, 0.2) is 0 Å². The second kappa shape index (κ2) is 6.63. The molecule has 1 saturated carbocycles. The lowest BCUT2D eigenvalue weighted by atomic mass is 9.81. The number of carbonyl (C=O) groups excluding carboxylic acids is 1. The molecule has 130 valence electrons. The van der Waals surface area contributed by atoms with Crippen molar-refractivity contribution >= 4 is 11.7 Å². The van der Waals surface area contributed by atoms with Crippen molar-refractivity contribution in [3.05, 3.63) is 24.3 Å². The highest BCUT2D eigenvalue weighted by Crippen LogP contribution is 2.41. The number of fused-ring (bicyclic) bond motifs is 2. The Hall–Kier alpha value is -1.75. The van der Waals surface area contributed by atoms with E-state index < -0.39 is 0 Å². The number of ether oxygens (including phenoxy) is 1. The van der Waals surface area contributed by atoms with Crippen LogP contribution in [0.15, 0.2) is 24.3 Å². The Balaban J connectivity index is 1.36. The Morgan fingerprint density at radius 3 is 2.46 bits per heavy atom. The molecule has 2 aliphatic heterocycles. The van der Waals surface area contributed by atoms with Gasteiger partial charge < -0.3 is 15.4 Å². The number of hydrogen-bond donors (Lipinski definition) is 2. The number of carbonyl (C=O) groups is 1. The zero-order chi connectivity index (χ0) is 16.5. The van der Waals surface area contributed by atoms with Crippen LogP contribution in [-0.2, 0) is 0 Å². The summed E-state index contributed by atoms with van der Waals surface area (Å²) in [6.07, 6.45) is 8.86. The standard InChI is InChI=1S/C19H27N3O2/c1-24-18-8-3-2-7-17(18)21-19(23)20-13-11-15-5-4-6-16(12-13)22(15)14-9-10-14/h2-3,7-8,13-16H,4-6,9-12H2,1H3,(H2,20,21,23)/t15-,16-/m0/s1. The fraction of sp³-hybridized carbons (Fsp3) is 0.632. The Kier molecular flexibility index (Phi) is 4.35. The maximum Gasteiger partial charge on any atom is 0.319 e. The molecule has 0 unspecified atom stereocenters. The molecule has 2 heterocycles. The molecule has 2 saturated heterocycles. The van der Waals surface area contributed by atoms with E-state index in [9.17, 15) is 4.79 Å². The summed E-state index contributed by atoms with van der Waals surface area (Å²) < 4.78 is 5.30. The third-order valence-electron chi connectivity index (χ3n) is 5.69. The van der Waals surface area contributed by atoms with Gasteiger partial charge in [0.1, 0.15) is 5.75 Å². The molecule has 5 heteroatoms. The zero-order valence-corrected chi connectivity index (χ0v) is 14.3. The van der Waals surface area contributed by atoms with Gasteiger partial charge in [0.25, 0.3) is 0 Å². The maximum atomic E-state index is 12.4. The molecule has 2 atom stereocenters. The number of rotatable bonds is 4. The van der Waals surface area contributed by atoms with Gasteiger partial charge in [0.2, 0.25) is 0 Å². The third kappa shape index (κ3) is 3.22. The van der Waals surface area contributed by atoms with E-state index in [1.54, 1.807) is 7.11 Å². The van der Waals surface area contributed by atoms with Gasteiger partial charge in [-0.05, 0) is 50.7 Å². The molecule has 3 fully saturated rings. The second-order valence-corrected chi connectivity index (χ2v) is 7.38. The number of anilines is 1. The number of benzene rings is 1. The average Bonchev–Trinajstić information content (AvgIpc) is 3.39. The molecule has 1 aromatic carbocycles. The first-order valence-electron chi connectivity index (χ1n) is 9.22. The Bertz CT molecular complexity index is 588. The molecule has 0 spiro atoms. The molecule has 2 amide bonds. The molecule has 24 heavy (non-hydrogen) atoms. The SMILES string of the molecule is COc1ccccc1NC(=O)NC1C[C@@H]2CCC[C@@H](C1)N2C1CC1. The summed E-state index contributed by atoms with van der Waals surface area (Å²) in [4.78, 5) is 15.2. The topological polar surface area (TPSA) is 53.6 Å². The summed E-state index contributed by atoms with van der Waals surface area (Å²) in [7, 11) is 1.62. The van der Waals surface area contributed by atoms with Crippen LogP contribution < -0.4 is 15.4 Å². The van der Waals surface area contributed by atoms with Gasteiger partial charge in [-0.2, -0.15) is 0 Å². The number of urea groups is 1. The summed E-state index contributed by atoms with van der Waals surface area (Å²) in [5, 5.41) is 6.13. The van der Waals surface area contributed by atoms with Crippen LogP contribution in [0.3, 0.4) is 0 Å². The van der Waals surface area contributed by atoms with Gasteiger partial charge in [0.05, 0.1) is 12.8 Å². The van der Waals surface area contributed by atoms with Crippen LogP contribution >= 0.6 is 0 Å². The second-order valence-electron chi connectivity index (χ2n) is 7.38. The van der Waals surface area contributed by atoms with Gasteiger partial charge in [-0.25, -0.2) is 4.79 Å². The Labute approximate surface area is 143 Å². The lowest BCUT2D eigenvalue weighted by Crippen LogP contribution is -2.58. The predicted octanol–water partition coefficient (Wildman–Crippen LogP) is 3.36. The lowest BCUT2D eigenvalue weighted by molar-refractivity contribution is 0.0198. The molecule has 2 bridgehead atoms. The first-order chi connectivity index (χ1) is 11.7. The predicted molar refractivity (Wildman–Crippen MR) is 94.5 cm³/mol. The van der Waals surface area contributed by atoms with Crippen molar-refractivity contribution in [3.8, 4) is 5.75 Å². The van der Waals surface area contributed by atoms with Crippen molar-refractivity contribution < 1.29 is 9.53 Å². The number of para-hydroxylation sites is 2. The molecule has 4 rings (SSSR count). The fourth-order valence-electron chi connectivity index (χ4n) is 4.60. The van der Waals surface area contributed by atoms with Gasteiger partial charge in [-0.15, -0.1) is 0 Å². The first kappa shape index (κ1) is 15.8. The lowest BCUT2D eigenvalue weighted by Gasteiger charge is -2.49. The van der Waals surface area contributed by atoms with Crippen molar-refractivity contribution in [2.45, 2.75) is 69.1 Å². The third-order valence-corrected chi connectivity index (χ3v) is 5.69. The van der Waals surface area contributed by atoms with Crippen LogP contribution in [0.4, 0.5) is 10.5 Å². The van der Waals surface area contributed by atoms with E-state index in [0.29, 0.717) is 23.5 Å². The molecule has 0 radical (unpaired) electrons. The van der Waals surface area contributed by atoms with Crippen LogP contribution in [0.1, 0.15) is 44.9 Å². The minimum atomic E-state index is -0.123. The first-order valence-corrected chi connectivity index (χ1v) is 9.22. The molecular weight excluding hydrogens is 302 g/mol. The highest BCUT2D eigenvalue weighted by molar-refractivity contribution is 5.91. The molecule has 1 aromatic rings. The van der Waals surface area contributed by atoms with E-state index in [0.717, 1.165) is 18.9 Å². The molecule has 5 nitrogen and oxygen atoms in total. The van der Waals surface area contributed by atoms with Crippen molar-refractivity contribution in [1.29, 1.82) is 0 Å². The van der Waals surface area contributed by atoms with Gasteiger partial charge in [-0.1, -0.05) is 18.6 Å². The van der Waals surface area contributed by atoms with Crippen molar-refractivity contribution in [3.63, 3.8) is 0 Å². The quantitative estimate of drug-likeness (QED) is 0.890. The van der Waals surface area contributed by atoms with Crippen LogP contribution in [0.5, 0.6) is 5.75 Å². The molecule has 3 aliphatic rings. The Morgan fingerprint density at radius 2 is 1.79 bits per heavy atom. The summed E-state index contributed by atoms with van der Waals surface area (Å²) >= 11 is 0. The Morgan fingerprint density at radius 1 is 1.08 bits per heavy atom. The average molecular weight is 329 g/mol. The van der Waals surface area contributed by atoms with E-state index in [2.05, 4.69) is 15.5 Å². The number of hydrogen-bond acceptors (Lipinski definition) is 3. The molecule has 0 aromatic heterocycles. The minimum absolute atomic E-state index is 0.123. The van der Waals surface area contributed by atoms with E-state index >= 15 is 0 Å². The summed E-state index contributed by atoms with van der Waals surface area (Å²) in [6.45, 7) is 0. The summed E-state index contributed by atoms with van der Waals surface area (Å²) in [5.41, 5.74) is 0.716. The number of piperidine rings is 2. The number of nitrogens with one attached hydrogen (secondary N) is 2. The summed E-state index contributed by atoms with van der Waals surface area (Å²) in [5.74, 6) is 0.688. The zero-order valence-electron chi connectivity index (χ0n) is 14.3. The number of amides is 2. The van der Waals surface area contributed by atoms with Crippen LogP contribution in [0, 0.1) is 0 Å². The van der Waals surface area contributed by atoms with Gasteiger partial charge in [0, 0.05) is 24.2 Å². The van der Waals surface area contributed by atoms with E-state index in [1.165, 1.54) is 32.1 Å². The van der Waals surface area contributed by atoms with Gasteiger partial charge in [-0.3, -0.25) is 4.90 Å². The van der Waals surface area contributed by atoms with E-state index in [4.69, 9.17) is 4.74 Å². The smallest absolute Gasteiger partial charge is 0.319 e. The number of methoxy groups -OCH3 is 1. The van der Waals surface area contributed by atoms with Gasteiger partial charge >= 0.3 is 6.03 Å². The van der Waals surface area contributed by atoms with Crippen LogP contribution in [0.25, 0.3) is 0 Å². The van der Waals surface area contributed by atoms with E-state index in [-0.39, 0.29) is 12.1 Å². The minimum Gasteiger partial charge on any atom is -0.495 e. The summed E-state index contributed by atoms with van der Waals surface area (Å²) in [6, 6.07) is 9.85. The van der Waals surface area contributed by atoms with Crippen molar-refractivity contribution in [2.24, 2.45) is 0 Å². The largest absolute Gasteiger partial charge is 0.495 e. The van der Waals surface area contributed by atoms with Crippen LogP contribution in [0.2, 0.25) is 0 Å². The van der Waals surface area contributed by atoms with Crippen LogP contribution in [-0.4, -0.2) is 42.2 Å². The number of nitrogens with zero attached hydrogens (tertiary/aromatic N) is 1.